The third kappa shape index (κ3) is 6.75. The lowest BCUT2D eigenvalue weighted by Crippen LogP contribution is -2.21. The quantitative estimate of drug-likeness (QED) is 0.605. The molecule has 0 spiro atoms. The second-order valence-corrected chi connectivity index (χ2v) is 4.87. The van der Waals surface area contributed by atoms with E-state index in [0.29, 0.717) is 6.54 Å². The molecule has 6 heteroatoms. The fraction of sp³-hybridized carbons (Fsp3) is 0.571. The average Bonchev–Trinajstić information content (AvgIpc) is 2.32. The van der Waals surface area contributed by atoms with Crippen LogP contribution in [0.2, 0.25) is 0 Å². The van der Waals surface area contributed by atoms with Gasteiger partial charge in [-0.25, -0.2) is 4.39 Å². The van der Waals surface area contributed by atoms with Crippen LogP contribution in [0.25, 0.3) is 0 Å². The summed E-state index contributed by atoms with van der Waals surface area (Å²) in [4.78, 5) is 0. The second-order valence-electron chi connectivity index (χ2n) is 4.87. The Kier molecular flexibility index (Phi) is 6.26. The van der Waals surface area contributed by atoms with Gasteiger partial charge in [0.25, 0.3) is 0 Å². The van der Waals surface area contributed by atoms with Crippen molar-refractivity contribution in [2.45, 2.75) is 45.5 Å². The van der Waals surface area contributed by atoms with Crippen molar-refractivity contribution in [3.63, 3.8) is 0 Å². The lowest BCUT2D eigenvalue weighted by atomic mass is 10.2. The normalized spacial score (nSPS) is 11.9. The zero-order chi connectivity index (χ0) is 15.2. The summed E-state index contributed by atoms with van der Waals surface area (Å²) in [5, 5.41) is 3.14. The van der Waals surface area contributed by atoms with Gasteiger partial charge in [-0.1, -0.05) is 19.9 Å². The maximum atomic E-state index is 13.7. The standard InChI is InChI=1S/C14H19F4NO/c1-10(2)19-9-11-4-5-13(12(15)8-11)20-7-3-6-14(16,17)18/h4-5,8,10,19H,3,6-7,9H2,1-2H3. The Labute approximate surface area is 116 Å². The zero-order valence-corrected chi connectivity index (χ0v) is 11.6. The topological polar surface area (TPSA) is 21.3 Å². The Morgan fingerprint density at radius 1 is 1.25 bits per heavy atom. The van der Waals surface area contributed by atoms with Crippen molar-refractivity contribution in [3.05, 3.63) is 29.6 Å². The monoisotopic (exact) mass is 293 g/mol. The Balaban J connectivity index is 2.43. The van der Waals surface area contributed by atoms with E-state index in [1.54, 1.807) is 6.07 Å². The lowest BCUT2D eigenvalue weighted by molar-refractivity contribution is -0.136. The van der Waals surface area contributed by atoms with E-state index in [4.69, 9.17) is 4.74 Å². The van der Waals surface area contributed by atoms with Gasteiger partial charge in [0.2, 0.25) is 0 Å². The minimum Gasteiger partial charge on any atom is -0.491 e. The Hall–Kier alpha value is -1.30. The highest BCUT2D eigenvalue weighted by molar-refractivity contribution is 5.29. The fourth-order valence-electron chi connectivity index (χ4n) is 1.55. The fourth-order valence-corrected chi connectivity index (χ4v) is 1.55. The minimum absolute atomic E-state index is 0.0135. The second kappa shape index (κ2) is 7.47. The smallest absolute Gasteiger partial charge is 0.389 e. The van der Waals surface area contributed by atoms with Gasteiger partial charge in [-0.05, 0) is 24.1 Å². The third-order valence-corrected chi connectivity index (χ3v) is 2.57. The van der Waals surface area contributed by atoms with Crippen molar-refractivity contribution < 1.29 is 22.3 Å². The number of benzene rings is 1. The van der Waals surface area contributed by atoms with Gasteiger partial charge >= 0.3 is 6.18 Å². The van der Waals surface area contributed by atoms with E-state index >= 15 is 0 Å². The van der Waals surface area contributed by atoms with E-state index in [9.17, 15) is 17.6 Å². The van der Waals surface area contributed by atoms with Crippen molar-refractivity contribution >= 4 is 0 Å². The van der Waals surface area contributed by atoms with Crippen LogP contribution in [0.1, 0.15) is 32.3 Å². The Morgan fingerprint density at radius 2 is 1.95 bits per heavy atom. The molecular weight excluding hydrogens is 274 g/mol. The molecule has 1 aromatic carbocycles. The summed E-state index contributed by atoms with van der Waals surface area (Å²) in [7, 11) is 0. The summed E-state index contributed by atoms with van der Waals surface area (Å²) in [5.74, 6) is -0.569. The summed E-state index contributed by atoms with van der Waals surface area (Å²) in [6.45, 7) is 4.34. The van der Waals surface area contributed by atoms with E-state index < -0.39 is 18.4 Å². The molecular formula is C14H19F4NO. The summed E-state index contributed by atoms with van der Waals surface area (Å²) >= 11 is 0. The molecule has 0 unspecified atom stereocenters. The number of hydrogen-bond donors (Lipinski definition) is 1. The highest BCUT2D eigenvalue weighted by Crippen LogP contribution is 2.22. The number of ether oxygens (including phenoxy) is 1. The third-order valence-electron chi connectivity index (χ3n) is 2.57. The number of nitrogens with one attached hydrogen (secondary N) is 1. The molecule has 0 aliphatic carbocycles. The van der Waals surface area contributed by atoms with Crippen molar-refractivity contribution in [3.8, 4) is 5.75 Å². The van der Waals surface area contributed by atoms with E-state index in [0.717, 1.165) is 5.56 Å². The summed E-state index contributed by atoms with van der Waals surface area (Å²) in [5.41, 5.74) is 0.763. The van der Waals surface area contributed by atoms with Crippen molar-refractivity contribution in [2.24, 2.45) is 0 Å². The van der Waals surface area contributed by atoms with Crippen LogP contribution in [0.5, 0.6) is 5.75 Å². The van der Waals surface area contributed by atoms with Crippen LogP contribution in [0.4, 0.5) is 17.6 Å². The molecule has 0 bridgehead atoms. The van der Waals surface area contributed by atoms with Gasteiger partial charge in [-0.3, -0.25) is 0 Å². The number of rotatable bonds is 7. The first-order valence-electron chi connectivity index (χ1n) is 6.49. The molecule has 20 heavy (non-hydrogen) atoms. The molecule has 0 aliphatic rings. The van der Waals surface area contributed by atoms with Crippen LogP contribution in [0.15, 0.2) is 18.2 Å². The molecule has 0 amide bonds. The van der Waals surface area contributed by atoms with Gasteiger partial charge < -0.3 is 10.1 Å². The van der Waals surface area contributed by atoms with Crippen molar-refractivity contribution in [1.82, 2.24) is 5.32 Å². The molecule has 0 atom stereocenters. The summed E-state index contributed by atoms with van der Waals surface area (Å²) in [6.07, 6.45) is -5.31. The van der Waals surface area contributed by atoms with Gasteiger partial charge in [0.15, 0.2) is 11.6 Å². The maximum Gasteiger partial charge on any atom is 0.389 e. The first-order chi connectivity index (χ1) is 9.28. The van der Waals surface area contributed by atoms with Gasteiger partial charge in [0, 0.05) is 19.0 Å². The molecule has 114 valence electrons. The maximum absolute atomic E-state index is 13.7. The van der Waals surface area contributed by atoms with Gasteiger partial charge in [-0.2, -0.15) is 13.2 Å². The molecule has 0 saturated heterocycles. The van der Waals surface area contributed by atoms with Gasteiger partial charge in [0.05, 0.1) is 6.61 Å². The molecule has 1 N–H and O–H groups in total. The zero-order valence-electron chi connectivity index (χ0n) is 11.6. The molecule has 0 fully saturated rings. The van der Waals surface area contributed by atoms with Gasteiger partial charge in [0.1, 0.15) is 0 Å². The molecule has 2 nitrogen and oxygen atoms in total. The van der Waals surface area contributed by atoms with E-state index in [1.165, 1.54) is 12.1 Å². The van der Waals surface area contributed by atoms with E-state index in [1.807, 2.05) is 13.8 Å². The predicted molar refractivity (Wildman–Crippen MR) is 69.2 cm³/mol. The van der Waals surface area contributed by atoms with E-state index in [2.05, 4.69) is 5.32 Å². The minimum atomic E-state index is -4.20. The van der Waals surface area contributed by atoms with Crippen molar-refractivity contribution in [2.75, 3.05) is 6.61 Å². The molecule has 0 heterocycles. The molecule has 0 aromatic heterocycles. The highest BCUT2D eigenvalue weighted by Gasteiger charge is 2.26. The largest absolute Gasteiger partial charge is 0.491 e. The van der Waals surface area contributed by atoms with Crippen LogP contribution >= 0.6 is 0 Å². The average molecular weight is 293 g/mol. The number of hydrogen-bond acceptors (Lipinski definition) is 2. The van der Waals surface area contributed by atoms with Crippen molar-refractivity contribution in [1.29, 1.82) is 0 Å². The first kappa shape index (κ1) is 16.8. The SMILES string of the molecule is CC(C)NCc1ccc(OCCCC(F)(F)F)c(F)c1. The molecule has 0 aliphatic heterocycles. The predicted octanol–water partition coefficient (Wildman–Crippen LogP) is 4.05. The molecule has 1 rings (SSSR count). The van der Waals surface area contributed by atoms with Crippen LogP contribution in [-0.2, 0) is 6.54 Å². The van der Waals surface area contributed by atoms with Gasteiger partial charge in [-0.15, -0.1) is 0 Å². The Bertz CT molecular complexity index is 418. The molecule has 1 aromatic rings. The van der Waals surface area contributed by atoms with Crippen LogP contribution < -0.4 is 10.1 Å². The number of alkyl halides is 3. The molecule has 0 radical (unpaired) electrons. The highest BCUT2D eigenvalue weighted by atomic mass is 19.4. The lowest BCUT2D eigenvalue weighted by Gasteiger charge is -2.11. The first-order valence-corrected chi connectivity index (χ1v) is 6.49. The van der Waals surface area contributed by atoms with Crippen LogP contribution in [0, 0.1) is 5.82 Å². The Morgan fingerprint density at radius 3 is 2.50 bits per heavy atom. The van der Waals surface area contributed by atoms with E-state index in [-0.39, 0.29) is 24.8 Å². The summed E-state index contributed by atoms with van der Waals surface area (Å²) < 4.78 is 54.5. The summed E-state index contributed by atoms with van der Waals surface area (Å²) in [6, 6.07) is 4.75. The number of halogens is 4. The molecule has 0 saturated carbocycles. The van der Waals surface area contributed by atoms with Crippen LogP contribution in [0.3, 0.4) is 0 Å². The van der Waals surface area contributed by atoms with Crippen LogP contribution in [-0.4, -0.2) is 18.8 Å².